The van der Waals surface area contributed by atoms with Crippen LogP contribution in [0.2, 0.25) is 5.15 Å². The first-order valence-corrected chi connectivity index (χ1v) is 10.1. The van der Waals surface area contributed by atoms with E-state index >= 15 is 0 Å². The topological polar surface area (TPSA) is 75.6 Å². The molecule has 1 aromatic heterocycles. The van der Waals surface area contributed by atoms with Crippen molar-refractivity contribution >= 4 is 34.6 Å². The molecule has 1 aromatic carbocycles. The predicted octanol–water partition coefficient (Wildman–Crippen LogP) is 4.05. The van der Waals surface area contributed by atoms with Crippen LogP contribution in [0.5, 0.6) is 11.5 Å². The quantitative estimate of drug-likeness (QED) is 0.463. The molecule has 0 amide bonds. The Labute approximate surface area is 179 Å². The van der Waals surface area contributed by atoms with Crippen LogP contribution in [-0.4, -0.2) is 34.5 Å². The summed E-state index contributed by atoms with van der Waals surface area (Å²) in [5, 5.41) is 16.6. The number of thiocarbonyl (C=S) groups is 1. The molecule has 3 rings (SSSR count). The molecule has 1 heterocycles. The van der Waals surface area contributed by atoms with Crippen LogP contribution in [0.25, 0.3) is 0 Å². The van der Waals surface area contributed by atoms with Crippen LogP contribution in [0, 0.1) is 5.82 Å². The van der Waals surface area contributed by atoms with Crippen molar-refractivity contribution in [2.45, 2.75) is 44.4 Å². The maximum absolute atomic E-state index is 13.9. The molecule has 1 fully saturated rings. The van der Waals surface area contributed by atoms with E-state index in [1.165, 1.54) is 19.4 Å². The van der Waals surface area contributed by atoms with Crippen LogP contribution >= 0.6 is 23.8 Å². The summed E-state index contributed by atoms with van der Waals surface area (Å²) in [7, 11) is 1.54. The monoisotopic (exact) mass is 439 g/mol. The van der Waals surface area contributed by atoms with E-state index in [1.54, 1.807) is 18.2 Å². The number of hydrogen-bond donors (Lipinski definition) is 3. The van der Waals surface area contributed by atoms with E-state index in [1.807, 2.05) is 0 Å². The first-order chi connectivity index (χ1) is 14.0. The SMILES string of the molecule is COc1cc(OCc2ccnc(Cl)c2F)ccc1NC(=S)N[C@H]1CCCC[C@@H]1O. The fraction of sp³-hybridized carbons (Fsp3) is 0.400. The second-order valence-corrected chi connectivity index (χ2v) is 7.55. The maximum Gasteiger partial charge on any atom is 0.171 e. The Balaban J connectivity index is 1.62. The van der Waals surface area contributed by atoms with Crippen LogP contribution in [0.15, 0.2) is 30.5 Å². The first-order valence-electron chi connectivity index (χ1n) is 9.33. The summed E-state index contributed by atoms with van der Waals surface area (Å²) in [6.45, 7) is 0.00351. The molecule has 29 heavy (non-hydrogen) atoms. The summed E-state index contributed by atoms with van der Waals surface area (Å²) in [5.41, 5.74) is 0.961. The molecule has 1 aliphatic rings. The number of rotatable bonds is 6. The van der Waals surface area contributed by atoms with Gasteiger partial charge in [-0.2, -0.15) is 0 Å². The number of ether oxygens (including phenoxy) is 2. The molecule has 1 saturated carbocycles. The van der Waals surface area contributed by atoms with Gasteiger partial charge in [0.05, 0.1) is 24.9 Å². The zero-order valence-corrected chi connectivity index (χ0v) is 17.5. The highest BCUT2D eigenvalue weighted by Gasteiger charge is 2.23. The number of aliphatic hydroxyl groups excluding tert-OH is 1. The van der Waals surface area contributed by atoms with Crippen molar-refractivity contribution in [2.75, 3.05) is 12.4 Å². The van der Waals surface area contributed by atoms with E-state index in [9.17, 15) is 9.50 Å². The molecule has 0 radical (unpaired) electrons. The third-order valence-corrected chi connectivity index (χ3v) is 5.27. The maximum atomic E-state index is 13.9. The number of hydrogen-bond acceptors (Lipinski definition) is 5. The lowest BCUT2D eigenvalue weighted by Crippen LogP contribution is -2.46. The van der Waals surface area contributed by atoms with Crippen molar-refractivity contribution in [2.24, 2.45) is 0 Å². The van der Waals surface area contributed by atoms with E-state index in [-0.39, 0.29) is 17.8 Å². The molecule has 0 unspecified atom stereocenters. The number of anilines is 1. The zero-order chi connectivity index (χ0) is 20.8. The van der Waals surface area contributed by atoms with Gasteiger partial charge in [0, 0.05) is 17.8 Å². The average molecular weight is 440 g/mol. The minimum Gasteiger partial charge on any atom is -0.494 e. The molecule has 9 heteroatoms. The van der Waals surface area contributed by atoms with Crippen molar-refractivity contribution in [1.82, 2.24) is 10.3 Å². The molecule has 0 saturated heterocycles. The highest BCUT2D eigenvalue weighted by atomic mass is 35.5. The molecule has 1 aliphatic carbocycles. The van der Waals surface area contributed by atoms with Gasteiger partial charge in [-0.05, 0) is 43.3 Å². The van der Waals surface area contributed by atoms with Crippen LogP contribution in [0.4, 0.5) is 10.1 Å². The Morgan fingerprint density at radius 1 is 1.34 bits per heavy atom. The normalized spacial score (nSPS) is 18.8. The molecule has 156 valence electrons. The number of methoxy groups -OCH3 is 1. The highest BCUT2D eigenvalue weighted by molar-refractivity contribution is 7.80. The van der Waals surface area contributed by atoms with Crippen molar-refractivity contribution < 1.29 is 19.0 Å². The Kier molecular flexibility index (Phi) is 7.46. The standard InChI is InChI=1S/C20H23ClFN3O3S/c1-27-17-10-13(28-11-12-8-9-23-19(21)18(12)22)6-7-15(17)25-20(29)24-14-4-2-3-5-16(14)26/h6-10,14,16,26H,2-5,11H2,1H3,(H2,24,25,29)/t14-,16-/m0/s1. The minimum absolute atomic E-state index is 0.00351. The lowest BCUT2D eigenvalue weighted by Gasteiger charge is -2.29. The second kappa shape index (κ2) is 10.0. The number of nitrogens with one attached hydrogen (secondary N) is 2. The molecule has 2 atom stereocenters. The van der Waals surface area contributed by atoms with Crippen LogP contribution in [0.3, 0.4) is 0 Å². The Morgan fingerprint density at radius 3 is 2.90 bits per heavy atom. The molecule has 0 aliphatic heterocycles. The van der Waals surface area contributed by atoms with Gasteiger partial charge in [-0.15, -0.1) is 0 Å². The van der Waals surface area contributed by atoms with Crippen LogP contribution < -0.4 is 20.1 Å². The van der Waals surface area contributed by atoms with Gasteiger partial charge in [0.1, 0.15) is 18.1 Å². The minimum atomic E-state index is -0.597. The summed E-state index contributed by atoms with van der Waals surface area (Å²) < 4.78 is 25.0. The Bertz CT molecular complexity index is 871. The fourth-order valence-electron chi connectivity index (χ4n) is 3.20. The molecule has 3 N–H and O–H groups in total. The number of benzene rings is 1. The van der Waals surface area contributed by atoms with Crippen molar-refractivity contribution in [3.8, 4) is 11.5 Å². The molecule has 0 bridgehead atoms. The van der Waals surface area contributed by atoms with Gasteiger partial charge >= 0.3 is 0 Å². The van der Waals surface area contributed by atoms with Gasteiger partial charge in [-0.1, -0.05) is 24.4 Å². The van der Waals surface area contributed by atoms with Gasteiger partial charge < -0.3 is 25.2 Å². The number of aliphatic hydroxyl groups is 1. The Morgan fingerprint density at radius 2 is 2.14 bits per heavy atom. The summed E-state index contributed by atoms with van der Waals surface area (Å²) in [6.07, 6.45) is 4.78. The van der Waals surface area contributed by atoms with Gasteiger partial charge in [-0.25, -0.2) is 9.37 Å². The predicted molar refractivity (Wildman–Crippen MR) is 114 cm³/mol. The Hall–Kier alpha value is -2.16. The molecule has 2 aromatic rings. The third-order valence-electron chi connectivity index (χ3n) is 4.79. The van der Waals surface area contributed by atoms with Gasteiger partial charge in [0.15, 0.2) is 16.1 Å². The summed E-state index contributed by atoms with van der Waals surface area (Å²) in [6, 6.07) is 6.62. The molecule has 0 spiro atoms. The van der Waals surface area contributed by atoms with E-state index < -0.39 is 11.9 Å². The first kappa shape index (κ1) is 21.5. The van der Waals surface area contributed by atoms with E-state index in [4.69, 9.17) is 33.3 Å². The lowest BCUT2D eigenvalue weighted by molar-refractivity contribution is 0.100. The summed E-state index contributed by atoms with van der Waals surface area (Å²) in [5.74, 6) is 0.422. The van der Waals surface area contributed by atoms with E-state index in [0.717, 1.165) is 25.7 Å². The average Bonchev–Trinajstić information content (AvgIpc) is 2.71. The van der Waals surface area contributed by atoms with E-state index in [0.29, 0.717) is 27.9 Å². The second-order valence-electron chi connectivity index (χ2n) is 6.78. The number of nitrogens with zero attached hydrogens (tertiary/aromatic N) is 1. The highest BCUT2D eigenvalue weighted by Crippen LogP contribution is 2.30. The van der Waals surface area contributed by atoms with Crippen LogP contribution in [0.1, 0.15) is 31.2 Å². The van der Waals surface area contributed by atoms with Crippen molar-refractivity contribution in [1.29, 1.82) is 0 Å². The van der Waals surface area contributed by atoms with Gasteiger partial charge in [-0.3, -0.25) is 0 Å². The molecule has 6 nitrogen and oxygen atoms in total. The number of halogens is 2. The van der Waals surface area contributed by atoms with Crippen LogP contribution in [-0.2, 0) is 6.61 Å². The smallest absolute Gasteiger partial charge is 0.171 e. The molecular weight excluding hydrogens is 417 g/mol. The van der Waals surface area contributed by atoms with Crippen molar-refractivity contribution in [3.63, 3.8) is 0 Å². The number of pyridine rings is 1. The number of aromatic nitrogens is 1. The zero-order valence-electron chi connectivity index (χ0n) is 16.0. The van der Waals surface area contributed by atoms with Gasteiger partial charge in [0.2, 0.25) is 0 Å². The van der Waals surface area contributed by atoms with Gasteiger partial charge in [0.25, 0.3) is 0 Å². The van der Waals surface area contributed by atoms with E-state index in [2.05, 4.69) is 15.6 Å². The fourth-order valence-corrected chi connectivity index (χ4v) is 3.64. The van der Waals surface area contributed by atoms with Crippen molar-refractivity contribution in [3.05, 3.63) is 47.0 Å². The summed E-state index contributed by atoms with van der Waals surface area (Å²) in [4.78, 5) is 3.68. The molecular formula is C20H23ClFN3O3S. The summed E-state index contributed by atoms with van der Waals surface area (Å²) >= 11 is 11.1. The lowest BCUT2D eigenvalue weighted by atomic mass is 9.93. The largest absolute Gasteiger partial charge is 0.494 e. The third kappa shape index (κ3) is 5.68.